The van der Waals surface area contributed by atoms with Crippen molar-refractivity contribution in [3.05, 3.63) is 45.6 Å². The molecule has 2 aromatic rings. The van der Waals surface area contributed by atoms with Gasteiger partial charge in [-0.2, -0.15) is 4.31 Å². The van der Waals surface area contributed by atoms with Crippen LogP contribution in [0.4, 0.5) is 5.69 Å². The second-order valence-corrected chi connectivity index (χ2v) is 8.91. The number of aryl methyl sites for hydroxylation is 1. The lowest BCUT2D eigenvalue weighted by molar-refractivity contribution is 0.0702. The van der Waals surface area contributed by atoms with Crippen LogP contribution >= 0.6 is 11.3 Å². The lowest BCUT2D eigenvalue weighted by Gasteiger charge is -2.36. The number of hydrogen-bond donors (Lipinski definition) is 1. The molecule has 0 unspecified atom stereocenters. The number of carboxylic acids is 1. The molecular formula is C17H20N2O4S2. The number of sulfonamides is 1. The largest absolute Gasteiger partial charge is 0.477 e. The molecule has 2 heterocycles. The van der Waals surface area contributed by atoms with Gasteiger partial charge in [-0.05, 0) is 37.1 Å². The summed E-state index contributed by atoms with van der Waals surface area (Å²) in [6.45, 7) is 6.13. The number of aromatic carboxylic acids is 1. The highest BCUT2D eigenvalue weighted by molar-refractivity contribution is 7.89. The molecule has 25 heavy (non-hydrogen) atoms. The summed E-state index contributed by atoms with van der Waals surface area (Å²) in [7, 11) is -3.64. The number of benzene rings is 1. The number of hydrogen-bond acceptors (Lipinski definition) is 5. The normalized spacial score (nSPS) is 16.2. The average Bonchev–Trinajstić information content (AvgIpc) is 3.09. The van der Waals surface area contributed by atoms with Crippen LogP contribution < -0.4 is 4.90 Å². The van der Waals surface area contributed by atoms with Crippen molar-refractivity contribution in [2.24, 2.45) is 0 Å². The molecule has 0 amide bonds. The van der Waals surface area contributed by atoms with E-state index >= 15 is 0 Å². The first-order chi connectivity index (χ1) is 11.8. The molecule has 1 aliphatic rings. The molecule has 0 radical (unpaired) electrons. The van der Waals surface area contributed by atoms with Gasteiger partial charge >= 0.3 is 5.97 Å². The van der Waals surface area contributed by atoms with Gasteiger partial charge in [-0.25, -0.2) is 13.2 Å². The molecule has 8 heteroatoms. The van der Waals surface area contributed by atoms with Gasteiger partial charge in [0.25, 0.3) is 0 Å². The Morgan fingerprint density at radius 3 is 2.44 bits per heavy atom. The number of nitrogens with zero attached hydrogens (tertiary/aromatic N) is 2. The zero-order valence-electron chi connectivity index (χ0n) is 14.1. The molecule has 1 aliphatic heterocycles. The van der Waals surface area contributed by atoms with Crippen LogP contribution in [0.2, 0.25) is 0 Å². The smallest absolute Gasteiger partial charge is 0.345 e. The third-order valence-corrected chi connectivity index (χ3v) is 7.52. The molecule has 1 aromatic carbocycles. The molecular weight excluding hydrogens is 360 g/mol. The molecule has 1 aromatic heterocycles. The zero-order valence-corrected chi connectivity index (χ0v) is 15.7. The predicted octanol–water partition coefficient (Wildman–Crippen LogP) is 2.57. The standard InChI is InChI=1S/C17H20N2O4S2/c1-12-4-3-5-15(13(12)2)18-6-8-19(9-7-18)25(22,23)14-10-16(17(20)21)24-11-14/h3-5,10-11H,6-9H2,1-2H3,(H,20,21). The molecule has 134 valence electrons. The van der Waals surface area contributed by atoms with E-state index in [-0.39, 0.29) is 9.77 Å². The fourth-order valence-corrected chi connectivity index (χ4v) is 5.48. The van der Waals surface area contributed by atoms with Crippen LogP contribution in [0.15, 0.2) is 34.5 Å². The Balaban J connectivity index is 1.75. The first-order valence-electron chi connectivity index (χ1n) is 7.94. The van der Waals surface area contributed by atoms with Crippen molar-refractivity contribution >= 4 is 33.0 Å². The van der Waals surface area contributed by atoms with Crippen LogP contribution in [0.1, 0.15) is 20.8 Å². The fraction of sp³-hybridized carbons (Fsp3) is 0.353. The lowest BCUT2D eigenvalue weighted by Crippen LogP contribution is -2.48. The highest BCUT2D eigenvalue weighted by atomic mass is 32.2. The molecule has 0 saturated carbocycles. The lowest BCUT2D eigenvalue weighted by atomic mass is 10.1. The van der Waals surface area contributed by atoms with Crippen molar-refractivity contribution in [2.75, 3.05) is 31.1 Å². The number of carboxylic acid groups (broad SMARTS) is 1. The van der Waals surface area contributed by atoms with Crippen LogP contribution in [-0.4, -0.2) is 50.0 Å². The highest BCUT2D eigenvalue weighted by Gasteiger charge is 2.30. The Morgan fingerprint density at radius 1 is 1.16 bits per heavy atom. The van der Waals surface area contributed by atoms with E-state index in [1.54, 1.807) is 0 Å². The predicted molar refractivity (Wildman–Crippen MR) is 98.2 cm³/mol. The van der Waals surface area contributed by atoms with Crippen LogP contribution in [0.5, 0.6) is 0 Å². The average molecular weight is 380 g/mol. The van der Waals surface area contributed by atoms with E-state index in [1.165, 1.54) is 26.9 Å². The molecule has 1 fully saturated rings. The SMILES string of the molecule is Cc1cccc(N2CCN(S(=O)(=O)c3csc(C(=O)O)c3)CC2)c1C. The van der Waals surface area contributed by atoms with Gasteiger partial charge in [0.05, 0.1) is 4.90 Å². The van der Waals surface area contributed by atoms with Gasteiger partial charge in [0.2, 0.25) is 10.0 Å². The summed E-state index contributed by atoms with van der Waals surface area (Å²) in [5.41, 5.74) is 3.57. The Labute approximate surface area is 151 Å². The van der Waals surface area contributed by atoms with E-state index in [9.17, 15) is 13.2 Å². The first-order valence-corrected chi connectivity index (χ1v) is 10.3. The minimum atomic E-state index is -3.64. The molecule has 0 atom stereocenters. The first kappa shape index (κ1) is 17.9. The molecule has 1 N–H and O–H groups in total. The van der Waals surface area contributed by atoms with Gasteiger partial charge in [-0.3, -0.25) is 0 Å². The topological polar surface area (TPSA) is 77.9 Å². The van der Waals surface area contributed by atoms with Gasteiger partial charge in [-0.1, -0.05) is 12.1 Å². The van der Waals surface area contributed by atoms with Crippen molar-refractivity contribution in [1.29, 1.82) is 0 Å². The van der Waals surface area contributed by atoms with Crippen molar-refractivity contribution in [1.82, 2.24) is 4.31 Å². The second-order valence-electron chi connectivity index (χ2n) is 6.06. The number of rotatable bonds is 4. The quantitative estimate of drug-likeness (QED) is 0.882. The third-order valence-electron chi connectivity index (χ3n) is 4.58. The van der Waals surface area contributed by atoms with Crippen molar-refractivity contribution in [3.63, 3.8) is 0 Å². The van der Waals surface area contributed by atoms with Crippen molar-refractivity contribution in [2.45, 2.75) is 18.7 Å². The summed E-state index contributed by atoms with van der Waals surface area (Å²) in [6.07, 6.45) is 0. The van der Waals surface area contributed by atoms with E-state index in [4.69, 9.17) is 5.11 Å². The van der Waals surface area contributed by atoms with Gasteiger partial charge in [0.15, 0.2) is 0 Å². The van der Waals surface area contributed by atoms with Crippen LogP contribution in [0.3, 0.4) is 0 Å². The van der Waals surface area contributed by atoms with Crippen molar-refractivity contribution < 1.29 is 18.3 Å². The summed E-state index contributed by atoms with van der Waals surface area (Å²) in [6, 6.07) is 7.37. The summed E-state index contributed by atoms with van der Waals surface area (Å²) in [5, 5.41) is 10.4. The van der Waals surface area contributed by atoms with Gasteiger partial charge < -0.3 is 10.0 Å². The monoisotopic (exact) mass is 380 g/mol. The maximum Gasteiger partial charge on any atom is 0.345 e. The Bertz CT molecular complexity index is 897. The Kier molecular flexibility index (Phi) is 4.86. The molecule has 6 nitrogen and oxygen atoms in total. The van der Waals surface area contributed by atoms with Crippen molar-refractivity contribution in [3.8, 4) is 0 Å². The van der Waals surface area contributed by atoms with E-state index in [0.29, 0.717) is 26.2 Å². The molecule has 1 saturated heterocycles. The molecule has 0 bridgehead atoms. The van der Waals surface area contributed by atoms with E-state index < -0.39 is 16.0 Å². The van der Waals surface area contributed by atoms with Gasteiger partial charge in [-0.15, -0.1) is 11.3 Å². The molecule has 0 spiro atoms. The van der Waals surface area contributed by atoms with Gasteiger partial charge in [0.1, 0.15) is 4.88 Å². The fourth-order valence-electron chi connectivity index (χ4n) is 2.96. The summed E-state index contributed by atoms with van der Waals surface area (Å²) >= 11 is 0.934. The summed E-state index contributed by atoms with van der Waals surface area (Å²) in [4.78, 5) is 13.3. The molecule has 0 aliphatic carbocycles. The second kappa shape index (κ2) is 6.78. The van der Waals surface area contributed by atoms with E-state index in [0.717, 1.165) is 17.0 Å². The minimum Gasteiger partial charge on any atom is -0.477 e. The number of carbonyl (C=O) groups is 1. The van der Waals surface area contributed by atoms with E-state index in [2.05, 4.69) is 30.9 Å². The van der Waals surface area contributed by atoms with Crippen LogP contribution in [0.25, 0.3) is 0 Å². The maximum absolute atomic E-state index is 12.7. The molecule has 3 rings (SSSR count). The summed E-state index contributed by atoms with van der Waals surface area (Å²) < 4.78 is 26.8. The minimum absolute atomic E-state index is 0.0348. The Morgan fingerprint density at radius 2 is 1.84 bits per heavy atom. The number of thiophene rings is 1. The summed E-state index contributed by atoms with van der Waals surface area (Å²) in [5.74, 6) is -1.11. The van der Waals surface area contributed by atoms with E-state index in [1.807, 2.05) is 6.07 Å². The van der Waals surface area contributed by atoms with Gasteiger partial charge in [0, 0.05) is 37.2 Å². The number of anilines is 1. The Hall–Kier alpha value is -1.90. The van der Waals surface area contributed by atoms with Crippen LogP contribution in [-0.2, 0) is 10.0 Å². The number of piperazine rings is 1. The van der Waals surface area contributed by atoms with Crippen LogP contribution in [0, 0.1) is 13.8 Å². The highest BCUT2D eigenvalue weighted by Crippen LogP contribution is 2.27. The zero-order chi connectivity index (χ0) is 18.2. The third kappa shape index (κ3) is 3.42. The maximum atomic E-state index is 12.7.